The van der Waals surface area contributed by atoms with Gasteiger partial charge in [-0.25, -0.2) is 0 Å². The summed E-state index contributed by atoms with van der Waals surface area (Å²) in [6.45, 7) is 0.542. The molecule has 0 aliphatic rings. The number of nitrogens with zero attached hydrogens (tertiary/aromatic N) is 2. The summed E-state index contributed by atoms with van der Waals surface area (Å²) < 4.78 is 0. The van der Waals surface area contributed by atoms with Gasteiger partial charge in [0.1, 0.15) is 5.69 Å². The van der Waals surface area contributed by atoms with E-state index in [0.29, 0.717) is 17.9 Å². The van der Waals surface area contributed by atoms with Crippen LogP contribution in [0.25, 0.3) is 0 Å². The van der Waals surface area contributed by atoms with Crippen molar-refractivity contribution in [2.24, 2.45) is 0 Å². The monoisotopic (exact) mass is 230 g/mol. The molecule has 5 heteroatoms. The number of nitrogens with two attached hydrogens (primary N) is 1. The van der Waals surface area contributed by atoms with Gasteiger partial charge in [0.05, 0.1) is 0 Å². The molecule has 0 spiro atoms. The fourth-order valence-corrected chi connectivity index (χ4v) is 1.57. The Balaban J connectivity index is 2.06. The van der Waals surface area contributed by atoms with Crippen molar-refractivity contribution in [3.8, 4) is 0 Å². The molecule has 0 bridgehead atoms. The average molecular weight is 230 g/mol. The van der Waals surface area contributed by atoms with Crippen molar-refractivity contribution in [1.29, 1.82) is 0 Å². The molecule has 2 heterocycles. The number of pyridine rings is 1. The second kappa shape index (κ2) is 4.69. The van der Waals surface area contributed by atoms with E-state index < -0.39 is 0 Å². The lowest BCUT2D eigenvalue weighted by Crippen LogP contribution is -2.26. The molecule has 88 valence electrons. The number of hydrogen-bond donors (Lipinski definition) is 2. The van der Waals surface area contributed by atoms with Crippen LogP contribution in [0.5, 0.6) is 0 Å². The summed E-state index contributed by atoms with van der Waals surface area (Å²) in [6, 6.07) is 5.39. The van der Waals surface area contributed by atoms with Gasteiger partial charge in [-0.1, -0.05) is 0 Å². The molecule has 17 heavy (non-hydrogen) atoms. The lowest BCUT2D eigenvalue weighted by Gasteiger charge is -2.16. The predicted octanol–water partition coefficient (Wildman–Crippen LogP) is 1.26. The van der Waals surface area contributed by atoms with Crippen LogP contribution in [-0.4, -0.2) is 27.8 Å². The Kier molecular flexibility index (Phi) is 3.09. The molecule has 0 radical (unpaired) electrons. The van der Waals surface area contributed by atoms with E-state index in [0.717, 1.165) is 5.56 Å². The number of H-pyrrole nitrogens is 1. The molecule has 0 saturated carbocycles. The Labute approximate surface area is 99.3 Å². The Morgan fingerprint density at radius 1 is 1.47 bits per heavy atom. The van der Waals surface area contributed by atoms with E-state index in [1.54, 1.807) is 36.6 Å². The fourth-order valence-electron chi connectivity index (χ4n) is 1.57. The van der Waals surface area contributed by atoms with Gasteiger partial charge in [-0.05, 0) is 23.8 Å². The van der Waals surface area contributed by atoms with Crippen molar-refractivity contribution < 1.29 is 4.79 Å². The highest BCUT2D eigenvalue weighted by molar-refractivity contribution is 5.93. The number of nitrogens with one attached hydrogen (secondary N) is 1. The van der Waals surface area contributed by atoms with Crippen LogP contribution in [-0.2, 0) is 6.54 Å². The summed E-state index contributed by atoms with van der Waals surface area (Å²) >= 11 is 0. The first kappa shape index (κ1) is 11.2. The van der Waals surface area contributed by atoms with Crippen LogP contribution < -0.4 is 5.73 Å². The van der Waals surface area contributed by atoms with Gasteiger partial charge in [0.2, 0.25) is 0 Å². The van der Waals surface area contributed by atoms with Crippen molar-refractivity contribution in [2.45, 2.75) is 6.54 Å². The normalized spacial score (nSPS) is 10.2. The maximum absolute atomic E-state index is 12.0. The zero-order chi connectivity index (χ0) is 12.3. The smallest absolute Gasteiger partial charge is 0.270 e. The average Bonchev–Trinajstić information content (AvgIpc) is 2.76. The molecule has 2 aromatic rings. The summed E-state index contributed by atoms with van der Waals surface area (Å²) in [4.78, 5) is 20.4. The fraction of sp³-hybridized carbons (Fsp3) is 0.167. The molecule has 1 amide bonds. The van der Waals surface area contributed by atoms with Gasteiger partial charge in [0, 0.05) is 37.9 Å². The zero-order valence-electron chi connectivity index (χ0n) is 9.55. The van der Waals surface area contributed by atoms with Crippen LogP contribution in [0.3, 0.4) is 0 Å². The second-order valence-electron chi connectivity index (χ2n) is 3.86. The molecule has 2 rings (SSSR count). The van der Waals surface area contributed by atoms with Gasteiger partial charge in [0.25, 0.3) is 5.91 Å². The van der Waals surface area contributed by atoms with E-state index in [-0.39, 0.29) is 5.91 Å². The highest BCUT2D eigenvalue weighted by atomic mass is 16.2. The summed E-state index contributed by atoms with van der Waals surface area (Å²) in [5, 5.41) is 0. The Morgan fingerprint density at radius 3 is 2.76 bits per heavy atom. The van der Waals surface area contributed by atoms with Gasteiger partial charge < -0.3 is 15.6 Å². The number of rotatable bonds is 3. The Hall–Kier alpha value is -2.30. The van der Waals surface area contributed by atoms with Gasteiger partial charge in [0.15, 0.2) is 0 Å². The van der Waals surface area contributed by atoms with Crippen molar-refractivity contribution in [3.63, 3.8) is 0 Å². The first-order valence-electron chi connectivity index (χ1n) is 5.25. The van der Waals surface area contributed by atoms with Crippen LogP contribution >= 0.6 is 0 Å². The molecule has 2 aromatic heterocycles. The zero-order valence-corrected chi connectivity index (χ0v) is 9.55. The van der Waals surface area contributed by atoms with E-state index in [2.05, 4.69) is 9.97 Å². The molecule has 0 unspecified atom stereocenters. The molecule has 3 N–H and O–H groups in total. The van der Waals surface area contributed by atoms with Crippen LogP contribution in [0.1, 0.15) is 16.1 Å². The number of hydrogen-bond acceptors (Lipinski definition) is 3. The molecule has 0 aliphatic carbocycles. The maximum atomic E-state index is 12.0. The second-order valence-corrected chi connectivity index (χ2v) is 3.86. The first-order valence-corrected chi connectivity index (χ1v) is 5.25. The van der Waals surface area contributed by atoms with E-state index in [1.165, 1.54) is 0 Å². The van der Waals surface area contributed by atoms with Gasteiger partial charge in [-0.3, -0.25) is 9.78 Å². The lowest BCUT2D eigenvalue weighted by atomic mass is 10.2. The third-order valence-corrected chi connectivity index (χ3v) is 2.45. The number of aromatic nitrogens is 2. The molecule has 0 atom stereocenters. The molecular weight excluding hydrogens is 216 g/mol. The standard InChI is InChI=1S/C12H14N4O/c1-16(8-9-2-4-14-5-3-9)12(17)11-6-10(13)7-15-11/h2-7,15H,8,13H2,1H3. The topological polar surface area (TPSA) is 75.0 Å². The van der Waals surface area contributed by atoms with Crippen LogP contribution in [0.2, 0.25) is 0 Å². The number of nitrogen functional groups attached to an aromatic ring is 1. The number of aromatic amines is 1. The van der Waals surface area contributed by atoms with E-state index in [4.69, 9.17) is 5.73 Å². The van der Waals surface area contributed by atoms with Crippen molar-refractivity contribution in [1.82, 2.24) is 14.9 Å². The quantitative estimate of drug-likeness (QED) is 0.833. The molecule has 0 fully saturated rings. The maximum Gasteiger partial charge on any atom is 0.270 e. The number of amides is 1. The lowest BCUT2D eigenvalue weighted by molar-refractivity contribution is 0.0780. The highest BCUT2D eigenvalue weighted by Crippen LogP contribution is 2.09. The van der Waals surface area contributed by atoms with Crippen molar-refractivity contribution in [2.75, 3.05) is 12.8 Å². The van der Waals surface area contributed by atoms with Gasteiger partial charge >= 0.3 is 0 Å². The van der Waals surface area contributed by atoms with Crippen LogP contribution in [0.4, 0.5) is 5.69 Å². The molecule has 5 nitrogen and oxygen atoms in total. The van der Waals surface area contributed by atoms with E-state index >= 15 is 0 Å². The molecular formula is C12H14N4O. The van der Waals surface area contributed by atoms with E-state index in [1.807, 2.05) is 12.1 Å². The molecule has 0 aliphatic heterocycles. The minimum absolute atomic E-state index is 0.0847. The van der Waals surface area contributed by atoms with Crippen LogP contribution in [0, 0.1) is 0 Å². The number of carbonyl (C=O) groups excluding carboxylic acids is 1. The molecule has 0 saturated heterocycles. The van der Waals surface area contributed by atoms with Gasteiger partial charge in [-0.15, -0.1) is 0 Å². The Bertz CT molecular complexity index is 506. The highest BCUT2D eigenvalue weighted by Gasteiger charge is 2.13. The number of carbonyl (C=O) groups is 1. The van der Waals surface area contributed by atoms with Crippen molar-refractivity contribution >= 4 is 11.6 Å². The largest absolute Gasteiger partial charge is 0.397 e. The van der Waals surface area contributed by atoms with E-state index in [9.17, 15) is 4.79 Å². The summed E-state index contributed by atoms with van der Waals surface area (Å²) in [6.07, 6.45) is 5.02. The first-order chi connectivity index (χ1) is 8.16. The third-order valence-electron chi connectivity index (χ3n) is 2.45. The predicted molar refractivity (Wildman–Crippen MR) is 65.2 cm³/mol. The third kappa shape index (κ3) is 2.63. The number of anilines is 1. The summed E-state index contributed by atoms with van der Waals surface area (Å²) in [7, 11) is 1.75. The summed E-state index contributed by atoms with van der Waals surface area (Å²) in [5.41, 5.74) is 7.66. The SMILES string of the molecule is CN(Cc1ccncc1)C(=O)c1cc(N)c[nH]1. The van der Waals surface area contributed by atoms with Gasteiger partial charge in [-0.2, -0.15) is 0 Å². The Morgan fingerprint density at radius 2 is 2.18 bits per heavy atom. The molecule has 0 aromatic carbocycles. The van der Waals surface area contributed by atoms with Crippen molar-refractivity contribution in [3.05, 3.63) is 48.0 Å². The van der Waals surface area contributed by atoms with Crippen LogP contribution in [0.15, 0.2) is 36.8 Å². The minimum Gasteiger partial charge on any atom is -0.397 e. The summed E-state index contributed by atoms with van der Waals surface area (Å²) in [5.74, 6) is -0.0847. The minimum atomic E-state index is -0.0847.